The summed E-state index contributed by atoms with van der Waals surface area (Å²) >= 11 is 0. The van der Waals surface area contributed by atoms with Crippen molar-refractivity contribution >= 4 is 11.9 Å². The third-order valence-electron chi connectivity index (χ3n) is 4.59. The van der Waals surface area contributed by atoms with Gasteiger partial charge in [0.15, 0.2) is 0 Å². The fraction of sp³-hybridized carbons (Fsp3) is 0.857. The normalized spacial score (nSPS) is 30.5. The Labute approximate surface area is 109 Å². The molecule has 102 valence electrons. The smallest absolute Gasteiger partial charge is 0.310 e. The second-order valence-corrected chi connectivity index (χ2v) is 6.23. The molecule has 0 bridgehead atoms. The van der Waals surface area contributed by atoms with Crippen LogP contribution in [0.25, 0.3) is 0 Å². The molecule has 1 heterocycles. The summed E-state index contributed by atoms with van der Waals surface area (Å²) in [6.45, 7) is 5.59. The molecule has 0 spiro atoms. The van der Waals surface area contributed by atoms with Crippen molar-refractivity contribution in [3.63, 3.8) is 0 Å². The van der Waals surface area contributed by atoms with Crippen molar-refractivity contribution in [1.82, 2.24) is 4.90 Å². The average molecular weight is 253 g/mol. The van der Waals surface area contributed by atoms with Gasteiger partial charge in [0.1, 0.15) is 0 Å². The van der Waals surface area contributed by atoms with Crippen LogP contribution in [0.4, 0.5) is 0 Å². The highest BCUT2D eigenvalue weighted by molar-refractivity contribution is 5.82. The fourth-order valence-electron chi connectivity index (χ4n) is 3.32. The van der Waals surface area contributed by atoms with Crippen LogP contribution in [-0.2, 0) is 14.3 Å². The number of amides is 1. The summed E-state index contributed by atoms with van der Waals surface area (Å²) in [6, 6.07) is 0. The summed E-state index contributed by atoms with van der Waals surface area (Å²) in [6.07, 6.45) is 3.99. The first kappa shape index (κ1) is 13.4. The summed E-state index contributed by atoms with van der Waals surface area (Å²) in [4.78, 5) is 25.8. The van der Waals surface area contributed by atoms with Gasteiger partial charge in [-0.3, -0.25) is 9.59 Å². The summed E-state index contributed by atoms with van der Waals surface area (Å²) in [7, 11) is 1.41. The van der Waals surface area contributed by atoms with Gasteiger partial charge < -0.3 is 9.64 Å². The van der Waals surface area contributed by atoms with Gasteiger partial charge in [-0.15, -0.1) is 0 Å². The lowest BCUT2D eigenvalue weighted by Gasteiger charge is -2.29. The van der Waals surface area contributed by atoms with E-state index < -0.39 is 0 Å². The Morgan fingerprint density at radius 1 is 1.28 bits per heavy atom. The zero-order valence-corrected chi connectivity index (χ0v) is 11.6. The number of hydrogen-bond donors (Lipinski definition) is 0. The van der Waals surface area contributed by atoms with E-state index in [1.807, 2.05) is 4.90 Å². The summed E-state index contributed by atoms with van der Waals surface area (Å²) in [5.41, 5.74) is 0.112. The Hall–Kier alpha value is -1.06. The molecule has 0 aromatic carbocycles. The molecule has 18 heavy (non-hydrogen) atoms. The first-order valence-electron chi connectivity index (χ1n) is 6.82. The van der Waals surface area contributed by atoms with E-state index in [2.05, 4.69) is 13.8 Å². The first-order valence-corrected chi connectivity index (χ1v) is 6.82. The van der Waals surface area contributed by atoms with Crippen LogP contribution in [0.5, 0.6) is 0 Å². The molecule has 2 aliphatic rings. The molecule has 0 N–H and O–H groups in total. The molecule has 4 nitrogen and oxygen atoms in total. The van der Waals surface area contributed by atoms with Gasteiger partial charge in [0.25, 0.3) is 0 Å². The summed E-state index contributed by atoms with van der Waals surface area (Å²) in [5.74, 6) is 0.0669. The standard InChI is InChI=1S/C14H23NO3/c1-14(2)7-4-5-11(14)12(16)15-8-6-10(9-15)13(17)18-3/h10-11H,4-9H2,1-3H3. The lowest BCUT2D eigenvalue weighted by molar-refractivity contribution is -0.145. The lowest BCUT2D eigenvalue weighted by Crippen LogP contribution is -2.39. The number of esters is 1. The van der Waals surface area contributed by atoms with Gasteiger partial charge in [0.05, 0.1) is 13.0 Å². The molecule has 1 aliphatic heterocycles. The molecule has 2 fully saturated rings. The highest BCUT2D eigenvalue weighted by Gasteiger charge is 2.43. The molecule has 1 saturated carbocycles. The Morgan fingerprint density at radius 3 is 2.56 bits per heavy atom. The maximum absolute atomic E-state index is 12.5. The maximum atomic E-state index is 12.5. The molecule has 0 aromatic rings. The van der Waals surface area contributed by atoms with E-state index in [0.717, 1.165) is 25.7 Å². The predicted molar refractivity (Wildman–Crippen MR) is 67.8 cm³/mol. The largest absolute Gasteiger partial charge is 0.469 e. The first-order chi connectivity index (χ1) is 8.45. The van der Waals surface area contributed by atoms with Crippen LogP contribution in [0.15, 0.2) is 0 Å². The minimum absolute atomic E-state index is 0.112. The van der Waals surface area contributed by atoms with Gasteiger partial charge in [0, 0.05) is 19.0 Å². The molecular formula is C14H23NO3. The molecule has 2 unspecified atom stereocenters. The lowest BCUT2D eigenvalue weighted by atomic mass is 9.81. The summed E-state index contributed by atoms with van der Waals surface area (Å²) in [5, 5.41) is 0. The molecule has 1 amide bonds. The van der Waals surface area contributed by atoms with Crippen molar-refractivity contribution in [3.8, 4) is 0 Å². The zero-order chi connectivity index (χ0) is 13.3. The van der Waals surface area contributed by atoms with E-state index >= 15 is 0 Å². The monoisotopic (exact) mass is 253 g/mol. The van der Waals surface area contributed by atoms with Crippen molar-refractivity contribution in [1.29, 1.82) is 0 Å². The Balaban J connectivity index is 1.97. The topological polar surface area (TPSA) is 46.6 Å². The van der Waals surface area contributed by atoms with E-state index in [9.17, 15) is 9.59 Å². The average Bonchev–Trinajstić information content (AvgIpc) is 2.93. The number of likely N-dealkylation sites (tertiary alicyclic amines) is 1. The Bertz CT molecular complexity index is 351. The predicted octanol–water partition coefficient (Wildman–Crippen LogP) is 1.83. The molecule has 1 aliphatic carbocycles. The van der Waals surface area contributed by atoms with E-state index in [0.29, 0.717) is 13.1 Å². The third-order valence-corrected chi connectivity index (χ3v) is 4.59. The highest BCUT2D eigenvalue weighted by Crippen LogP contribution is 2.43. The summed E-state index contributed by atoms with van der Waals surface area (Å²) < 4.78 is 4.75. The number of hydrogen-bond acceptors (Lipinski definition) is 3. The number of rotatable bonds is 2. The van der Waals surface area contributed by atoms with Crippen LogP contribution in [0.3, 0.4) is 0 Å². The van der Waals surface area contributed by atoms with Crippen LogP contribution in [0.1, 0.15) is 39.5 Å². The molecule has 2 atom stereocenters. The van der Waals surface area contributed by atoms with Crippen LogP contribution < -0.4 is 0 Å². The van der Waals surface area contributed by atoms with Crippen molar-refractivity contribution < 1.29 is 14.3 Å². The Morgan fingerprint density at radius 2 is 2.00 bits per heavy atom. The van der Waals surface area contributed by atoms with Crippen LogP contribution >= 0.6 is 0 Å². The SMILES string of the molecule is COC(=O)C1CCN(C(=O)C2CCCC2(C)C)C1. The van der Waals surface area contributed by atoms with Crippen molar-refractivity contribution in [3.05, 3.63) is 0 Å². The van der Waals surface area contributed by atoms with Crippen LogP contribution in [0.2, 0.25) is 0 Å². The molecule has 0 radical (unpaired) electrons. The van der Waals surface area contributed by atoms with Crippen molar-refractivity contribution in [2.75, 3.05) is 20.2 Å². The van der Waals surface area contributed by atoms with Gasteiger partial charge in [-0.2, -0.15) is 0 Å². The van der Waals surface area contributed by atoms with E-state index in [1.54, 1.807) is 0 Å². The Kier molecular flexibility index (Phi) is 3.64. The number of nitrogens with zero attached hydrogens (tertiary/aromatic N) is 1. The fourth-order valence-corrected chi connectivity index (χ4v) is 3.32. The number of ether oxygens (including phenoxy) is 1. The molecule has 0 aromatic heterocycles. The highest BCUT2D eigenvalue weighted by atomic mass is 16.5. The second kappa shape index (κ2) is 4.90. The molecule has 2 rings (SSSR count). The third kappa shape index (κ3) is 2.38. The maximum Gasteiger partial charge on any atom is 0.310 e. The van der Waals surface area contributed by atoms with E-state index in [1.165, 1.54) is 7.11 Å². The molecule has 4 heteroatoms. The molecular weight excluding hydrogens is 230 g/mol. The van der Waals surface area contributed by atoms with E-state index in [4.69, 9.17) is 4.74 Å². The quantitative estimate of drug-likeness (QED) is 0.705. The number of methoxy groups -OCH3 is 1. The molecule has 1 saturated heterocycles. The van der Waals surface area contributed by atoms with Gasteiger partial charge in [-0.25, -0.2) is 0 Å². The van der Waals surface area contributed by atoms with Crippen LogP contribution in [0, 0.1) is 17.3 Å². The zero-order valence-electron chi connectivity index (χ0n) is 11.6. The number of carbonyl (C=O) groups is 2. The van der Waals surface area contributed by atoms with E-state index in [-0.39, 0.29) is 29.1 Å². The minimum atomic E-state index is -0.184. The van der Waals surface area contributed by atoms with Crippen molar-refractivity contribution in [2.45, 2.75) is 39.5 Å². The second-order valence-electron chi connectivity index (χ2n) is 6.23. The van der Waals surface area contributed by atoms with Crippen molar-refractivity contribution in [2.24, 2.45) is 17.3 Å². The van der Waals surface area contributed by atoms with Gasteiger partial charge in [-0.1, -0.05) is 20.3 Å². The minimum Gasteiger partial charge on any atom is -0.469 e. The van der Waals surface area contributed by atoms with Gasteiger partial charge in [0.2, 0.25) is 5.91 Å². The van der Waals surface area contributed by atoms with Gasteiger partial charge >= 0.3 is 5.97 Å². The van der Waals surface area contributed by atoms with Crippen LogP contribution in [-0.4, -0.2) is 37.0 Å². The number of carbonyl (C=O) groups excluding carboxylic acids is 2. The van der Waals surface area contributed by atoms with Gasteiger partial charge in [-0.05, 0) is 24.7 Å².